The van der Waals surface area contributed by atoms with Crippen LogP contribution < -0.4 is 5.73 Å². The minimum Gasteiger partial charge on any atom is -0.380 e. The molecule has 1 aromatic carbocycles. The van der Waals surface area contributed by atoms with Crippen molar-refractivity contribution in [2.24, 2.45) is 5.73 Å². The third kappa shape index (κ3) is 5.58. The fourth-order valence-electron chi connectivity index (χ4n) is 1.97. The first-order valence-corrected chi connectivity index (χ1v) is 7.64. The number of halogens is 2. The molecular weight excluding hydrogens is 356 g/mol. The molecule has 0 saturated heterocycles. The standard InChI is InChI=1S/C15H23BrN2O2.ClH/c1-4-18(10-11-20-5-2)14(19)15(3,17)12-6-8-13(16)9-7-12;/h6-9H,4-5,10-11,17H2,1-3H3;1H. The van der Waals surface area contributed by atoms with Crippen molar-refractivity contribution < 1.29 is 9.53 Å². The van der Waals surface area contributed by atoms with Gasteiger partial charge in [-0.05, 0) is 38.5 Å². The molecule has 0 aliphatic heterocycles. The van der Waals surface area contributed by atoms with E-state index in [0.29, 0.717) is 26.3 Å². The van der Waals surface area contributed by atoms with Crippen LogP contribution in [0.2, 0.25) is 0 Å². The maximum absolute atomic E-state index is 12.6. The molecule has 0 aliphatic carbocycles. The van der Waals surface area contributed by atoms with E-state index in [0.717, 1.165) is 10.0 Å². The number of likely N-dealkylation sites (N-methyl/N-ethyl adjacent to an activating group) is 1. The van der Waals surface area contributed by atoms with Gasteiger partial charge in [-0.1, -0.05) is 28.1 Å². The smallest absolute Gasteiger partial charge is 0.247 e. The Morgan fingerprint density at radius 1 is 1.33 bits per heavy atom. The second-order valence-corrected chi connectivity index (χ2v) is 5.71. The Balaban J connectivity index is 0.00000400. The number of hydrogen-bond acceptors (Lipinski definition) is 3. The first kappa shape index (κ1) is 20.4. The summed E-state index contributed by atoms with van der Waals surface area (Å²) < 4.78 is 6.28. The Labute approximate surface area is 141 Å². The summed E-state index contributed by atoms with van der Waals surface area (Å²) in [5.41, 5.74) is 6.05. The number of carbonyl (C=O) groups is 1. The zero-order valence-corrected chi connectivity index (χ0v) is 15.2. The first-order chi connectivity index (χ1) is 9.43. The highest BCUT2D eigenvalue weighted by molar-refractivity contribution is 9.10. The second kappa shape index (κ2) is 9.41. The van der Waals surface area contributed by atoms with Crippen LogP contribution in [0.1, 0.15) is 26.3 Å². The molecule has 0 spiro atoms. The number of ether oxygens (including phenoxy) is 1. The molecule has 6 heteroatoms. The number of benzene rings is 1. The number of carbonyl (C=O) groups excluding carboxylic acids is 1. The van der Waals surface area contributed by atoms with Crippen molar-refractivity contribution in [2.75, 3.05) is 26.3 Å². The minimum absolute atomic E-state index is 0. The molecule has 0 fully saturated rings. The van der Waals surface area contributed by atoms with Gasteiger partial charge in [0.2, 0.25) is 5.91 Å². The lowest BCUT2D eigenvalue weighted by Crippen LogP contribution is -2.51. The van der Waals surface area contributed by atoms with Crippen molar-refractivity contribution in [3.8, 4) is 0 Å². The van der Waals surface area contributed by atoms with E-state index in [1.807, 2.05) is 38.1 Å². The molecule has 1 amide bonds. The second-order valence-electron chi connectivity index (χ2n) is 4.79. The van der Waals surface area contributed by atoms with Crippen LogP contribution >= 0.6 is 28.3 Å². The van der Waals surface area contributed by atoms with Gasteiger partial charge in [0.15, 0.2) is 0 Å². The van der Waals surface area contributed by atoms with Crippen LogP contribution in [0.5, 0.6) is 0 Å². The minimum atomic E-state index is -1.02. The summed E-state index contributed by atoms with van der Waals surface area (Å²) in [5.74, 6) is -0.0815. The predicted octanol–water partition coefficient (Wildman–Crippen LogP) is 2.93. The van der Waals surface area contributed by atoms with E-state index in [-0.39, 0.29) is 18.3 Å². The highest BCUT2D eigenvalue weighted by atomic mass is 79.9. The molecule has 0 saturated carbocycles. The van der Waals surface area contributed by atoms with Gasteiger partial charge in [0.25, 0.3) is 0 Å². The average molecular weight is 380 g/mol. The van der Waals surface area contributed by atoms with E-state index < -0.39 is 5.54 Å². The van der Waals surface area contributed by atoms with Gasteiger partial charge >= 0.3 is 0 Å². The summed E-state index contributed by atoms with van der Waals surface area (Å²) >= 11 is 3.38. The molecule has 1 atom stereocenters. The molecule has 0 radical (unpaired) electrons. The molecule has 0 aliphatic rings. The van der Waals surface area contributed by atoms with Crippen LogP contribution in [0.25, 0.3) is 0 Å². The normalized spacial score (nSPS) is 13.2. The molecule has 0 heterocycles. The summed E-state index contributed by atoms with van der Waals surface area (Å²) in [6.45, 7) is 8.00. The van der Waals surface area contributed by atoms with Crippen molar-refractivity contribution in [2.45, 2.75) is 26.3 Å². The third-order valence-corrected chi connectivity index (χ3v) is 3.80. The lowest BCUT2D eigenvalue weighted by Gasteiger charge is -2.31. The SMILES string of the molecule is CCOCCN(CC)C(=O)C(C)(N)c1ccc(Br)cc1.Cl. The molecule has 0 bridgehead atoms. The van der Waals surface area contributed by atoms with Crippen molar-refractivity contribution in [1.29, 1.82) is 0 Å². The average Bonchev–Trinajstić information content (AvgIpc) is 2.43. The summed E-state index contributed by atoms with van der Waals surface area (Å²) in [6.07, 6.45) is 0. The maximum atomic E-state index is 12.6. The van der Waals surface area contributed by atoms with E-state index in [2.05, 4.69) is 15.9 Å². The number of nitrogens with zero attached hydrogens (tertiary/aromatic N) is 1. The van der Waals surface area contributed by atoms with Gasteiger partial charge in [0, 0.05) is 24.2 Å². The van der Waals surface area contributed by atoms with Crippen LogP contribution in [-0.4, -0.2) is 37.1 Å². The Morgan fingerprint density at radius 2 is 1.90 bits per heavy atom. The fourth-order valence-corrected chi connectivity index (χ4v) is 2.23. The van der Waals surface area contributed by atoms with Gasteiger partial charge < -0.3 is 15.4 Å². The van der Waals surface area contributed by atoms with Crippen LogP contribution in [0.4, 0.5) is 0 Å². The summed E-state index contributed by atoms with van der Waals surface area (Å²) in [6, 6.07) is 7.53. The van der Waals surface area contributed by atoms with E-state index >= 15 is 0 Å². The number of nitrogens with two attached hydrogens (primary N) is 1. The van der Waals surface area contributed by atoms with Gasteiger partial charge in [-0.2, -0.15) is 0 Å². The molecule has 4 nitrogen and oxygen atoms in total. The van der Waals surface area contributed by atoms with E-state index in [9.17, 15) is 4.79 Å². The molecule has 0 aromatic heterocycles. The first-order valence-electron chi connectivity index (χ1n) is 6.85. The molecule has 120 valence electrons. The molecule has 1 aromatic rings. The van der Waals surface area contributed by atoms with Crippen LogP contribution in [-0.2, 0) is 15.1 Å². The van der Waals surface area contributed by atoms with Crippen molar-refractivity contribution in [3.63, 3.8) is 0 Å². The largest absolute Gasteiger partial charge is 0.380 e. The van der Waals surface area contributed by atoms with Crippen molar-refractivity contribution >= 4 is 34.2 Å². The van der Waals surface area contributed by atoms with Crippen LogP contribution in [0, 0.1) is 0 Å². The van der Waals surface area contributed by atoms with Gasteiger partial charge in [-0.3, -0.25) is 4.79 Å². The lowest BCUT2D eigenvalue weighted by molar-refractivity contribution is -0.137. The molecule has 1 unspecified atom stereocenters. The zero-order valence-electron chi connectivity index (χ0n) is 12.8. The number of hydrogen-bond donors (Lipinski definition) is 1. The molecular formula is C15H24BrClN2O2. The summed E-state index contributed by atoms with van der Waals surface area (Å²) in [4.78, 5) is 14.3. The van der Waals surface area contributed by atoms with Crippen LogP contribution in [0.3, 0.4) is 0 Å². The van der Waals surface area contributed by atoms with Gasteiger partial charge in [-0.25, -0.2) is 0 Å². The van der Waals surface area contributed by atoms with Crippen molar-refractivity contribution in [3.05, 3.63) is 34.3 Å². The number of rotatable bonds is 7. The van der Waals surface area contributed by atoms with Crippen LogP contribution in [0.15, 0.2) is 28.7 Å². The monoisotopic (exact) mass is 378 g/mol. The van der Waals surface area contributed by atoms with E-state index in [1.54, 1.807) is 11.8 Å². The van der Waals surface area contributed by atoms with Gasteiger partial charge in [0.1, 0.15) is 5.54 Å². The Bertz CT molecular complexity index is 438. The zero-order chi connectivity index (χ0) is 15.2. The maximum Gasteiger partial charge on any atom is 0.247 e. The Kier molecular flexibility index (Phi) is 9.13. The van der Waals surface area contributed by atoms with E-state index in [4.69, 9.17) is 10.5 Å². The third-order valence-electron chi connectivity index (χ3n) is 3.27. The predicted molar refractivity (Wildman–Crippen MR) is 91.7 cm³/mol. The summed E-state index contributed by atoms with van der Waals surface area (Å²) in [7, 11) is 0. The Morgan fingerprint density at radius 3 is 2.38 bits per heavy atom. The van der Waals surface area contributed by atoms with Gasteiger partial charge in [0.05, 0.1) is 6.61 Å². The summed E-state index contributed by atoms with van der Waals surface area (Å²) in [5, 5.41) is 0. The lowest BCUT2D eigenvalue weighted by atomic mass is 9.91. The highest BCUT2D eigenvalue weighted by Crippen LogP contribution is 2.22. The molecule has 21 heavy (non-hydrogen) atoms. The van der Waals surface area contributed by atoms with Crippen molar-refractivity contribution in [1.82, 2.24) is 4.90 Å². The molecule has 1 rings (SSSR count). The fraction of sp³-hybridized carbons (Fsp3) is 0.533. The Hall–Kier alpha value is -0.620. The topological polar surface area (TPSA) is 55.6 Å². The molecule has 2 N–H and O–H groups in total. The number of amides is 1. The highest BCUT2D eigenvalue weighted by Gasteiger charge is 2.33. The van der Waals surface area contributed by atoms with Gasteiger partial charge in [-0.15, -0.1) is 12.4 Å². The van der Waals surface area contributed by atoms with E-state index in [1.165, 1.54) is 0 Å². The quantitative estimate of drug-likeness (QED) is 0.741.